The number of carbonyl (C=O) groups is 2. The number of amides is 2. The maximum absolute atomic E-state index is 12.9. The zero-order valence-corrected chi connectivity index (χ0v) is 16.7. The Kier molecular flexibility index (Phi) is 4.83. The molecule has 4 bridgehead atoms. The van der Waals surface area contributed by atoms with Crippen molar-refractivity contribution in [3.8, 4) is 0 Å². The highest BCUT2D eigenvalue weighted by Crippen LogP contribution is 2.55. The summed E-state index contributed by atoms with van der Waals surface area (Å²) in [5, 5.41) is 9.77. The molecule has 4 aliphatic rings. The van der Waals surface area contributed by atoms with E-state index in [4.69, 9.17) is 11.6 Å². The lowest BCUT2D eigenvalue weighted by atomic mass is 9.53. The van der Waals surface area contributed by atoms with Crippen LogP contribution in [0.3, 0.4) is 0 Å². The van der Waals surface area contributed by atoms with E-state index in [1.165, 1.54) is 26.2 Å². The Morgan fingerprint density at radius 3 is 2.22 bits per heavy atom. The molecule has 4 saturated carbocycles. The van der Waals surface area contributed by atoms with Gasteiger partial charge in [0.1, 0.15) is 6.04 Å². The van der Waals surface area contributed by atoms with Crippen molar-refractivity contribution in [1.82, 2.24) is 5.32 Å². The molecule has 6 heteroatoms. The molecule has 1 atom stereocenters. The van der Waals surface area contributed by atoms with Gasteiger partial charge in [-0.05, 0) is 81.4 Å². The molecule has 1 aromatic rings. The summed E-state index contributed by atoms with van der Waals surface area (Å²) in [6.07, 6.45) is 7.53. The van der Waals surface area contributed by atoms with E-state index in [-0.39, 0.29) is 23.4 Å². The molecule has 27 heavy (non-hydrogen) atoms. The first kappa shape index (κ1) is 18.6. The topological polar surface area (TPSA) is 70.2 Å². The van der Waals surface area contributed by atoms with Crippen molar-refractivity contribution in [2.75, 3.05) is 10.6 Å². The van der Waals surface area contributed by atoms with Gasteiger partial charge in [-0.2, -0.15) is 0 Å². The second-order valence-electron chi connectivity index (χ2n) is 8.93. The zero-order valence-electron chi connectivity index (χ0n) is 16.0. The number of halogens is 1. The third-order valence-electron chi connectivity index (χ3n) is 6.48. The maximum atomic E-state index is 12.9. The molecular formula is C21H28ClN3O2. The maximum Gasteiger partial charge on any atom is 0.242 e. The fourth-order valence-electron chi connectivity index (χ4n) is 5.84. The molecule has 5 nitrogen and oxygen atoms in total. The van der Waals surface area contributed by atoms with E-state index in [0.29, 0.717) is 10.7 Å². The summed E-state index contributed by atoms with van der Waals surface area (Å²) >= 11 is 6.23. The molecule has 0 heterocycles. The van der Waals surface area contributed by atoms with Gasteiger partial charge in [0.15, 0.2) is 0 Å². The predicted octanol–water partition coefficient (Wildman–Crippen LogP) is 4.18. The SMILES string of the molecule is CC(=O)Nc1ccc(N[C@@H](C)C(=O)NC23CC4CC(CC(C4)C2)C3)cc1Cl. The van der Waals surface area contributed by atoms with E-state index in [1.807, 2.05) is 13.0 Å². The number of carbonyl (C=O) groups excluding carboxylic acids is 2. The van der Waals surface area contributed by atoms with Gasteiger partial charge in [0.2, 0.25) is 11.8 Å². The molecule has 4 fully saturated rings. The van der Waals surface area contributed by atoms with Gasteiger partial charge < -0.3 is 16.0 Å². The second-order valence-corrected chi connectivity index (χ2v) is 9.34. The summed E-state index contributed by atoms with van der Waals surface area (Å²) in [6, 6.07) is 4.96. The van der Waals surface area contributed by atoms with E-state index in [0.717, 1.165) is 42.7 Å². The average Bonchev–Trinajstić information content (AvgIpc) is 2.55. The van der Waals surface area contributed by atoms with Crippen molar-refractivity contribution in [3.63, 3.8) is 0 Å². The van der Waals surface area contributed by atoms with Crippen LogP contribution in [0.5, 0.6) is 0 Å². The number of anilines is 2. The van der Waals surface area contributed by atoms with Crippen molar-refractivity contribution in [2.24, 2.45) is 17.8 Å². The van der Waals surface area contributed by atoms with Crippen molar-refractivity contribution in [3.05, 3.63) is 23.2 Å². The van der Waals surface area contributed by atoms with Crippen molar-refractivity contribution in [2.45, 2.75) is 64.0 Å². The van der Waals surface area contributed by atoms with Crippen LogP contribution in [0, 0.1) is 17.8 Å². The molecule has 3 N–H and O–H groups in total. The molecule has 1 aromatic carbocycles. The quantitative estimate of drug-likeness (QED) is 0.707. The van der Waals surface area contributed by atoms with Crippen molar-refractivity contribution < 1.29 is 9.59 Å². The molecule has 0 spiro atoms. The summed E-state index contributed by atoms with van der Waals surface area (Å²) in [6.45, 7) is 3.32. The van der Waals surface area contributed by atoms with E-state index in [1.54, 1.807) is 12.1 Å². The molecule has 146 valence electrons. The van der Waals surface area contributed by atoms with Crippen molar-refractivity contribution in [1.29, 1.82) is 0 Å². The lowest BCUT2D eigenvalue weighted by molar-refractivity contribution is -0.127. The minimum absolute atomic E-state index is 0.0225. The Bertz CT molecular complexity index is 729. The highest BCUT2D eigenvalue weighted by molar-refractivity contribution is 6.34. The Morgan fingerprint density at radius 2 is 1.70 bits per heavy atom. The van der Waals surface area contributed by atoms with Gasteiger partial charge in [-0.1, -0.05) is 11.6 Å². The van der Waals surface area contributed by atoms with Gasteiger partial charge in [0.05, 0.1) is 10.7 Å². The van der Waals surface area contributed by atoms with Crippen LogP contribution in [0.4, 0.5) is 11.4 Å². The minimum atomic E-state index is -0.347. The van der Waals surface area contributed by atoms with Gasteiger partial charge in [0, 0.05) is 18.2 Å². The van der Waals surface area contributed by atoms with Crippen LogP contribution in [0.15, 0.2) is 18.2 Å². The first-order chi connectivity index (χ1) is 12.8. The van der Waals surface area contributed by atoms with Gasteiger partial charge in [-0.15, -0.1) is 0 Å². The lowest BCUT2D eigenvalue weighted by Crippen LogP contribution is -2.61. The van der Waals surface area contributed by atoms with Crippen LogP contribution >= 0.6 is 11.6 Å². The molecule has 4 aliphatic carbocycles. The standard InChI is InChI=1S/C21H28ClN3O2/c1-12(23-17-3-4-19(18(22)8-17)24-13(2)26)20(27)25-21-9-14-5-15(10-21)7-16(6-14)11-21/h3-4,8,12,14-16,23H,5-7,9-11H2,1-2H3,(H,24,26)(H,25,27)/t12-,14?,15?,16?,21?/m0/s1. The smallest absolute Gasteiger partial charge is 0.242 e. The monoisotopic (exact) mass is 389 g/mol. The Balaban J connectivity index is 1.38. The fraction of sp³-hybridized carbons (Fsp3) is 0.619. The van der Waals surface area contributed by atoms with E-state index in [9.17, 15) is 9.59 Å². The van der Waals surface area contributed by atoms with Gasteiger partial charge in [-0.3, -0.25) is 9.59 Å². The Hall–Kier alpha value is -1.75. The van der Waals surface area contributed by atoms with Crippen LogP contribution < -0.4 is 16.0 Å². The van der Waals surface area contributed by atoms with Crippen LogP contribution in [0.1, 0.15) is 52.4 Å². The van der Waals surface area contributed by atoms with Crippen LogP contribution in [-0.2, 0) is 9.59 Å². The molecule has 5 rings (SSSR count). The van der Waals surface area contributed by atoms with Gasteiger partial charge >= 0.3 is 0 Å². The molecule has 0 unspecified atom stereocenters. The molecule has 2 amide bonds. The molecule has 0 radical (unpaired) electrons. The predicted molar refractivity (Wildman–Crippen MR) is 108 cm³/mol. The van der Waals surface area contributed by atoms with Crippen LogP contribution in [0.25, 0.3) is 0 Å². The summed E-state index contributed by atoms with van der Waals surface area (Å²) in [7, 11) is 0. The summed E-state index contributed by atoms with van der Waals surface area (Å²) in [4.78, 5) is 24.0. The average molecular weight is 390 g/mol. The first-order valence-electron chi connectivity index (χ1n) is 9.97. The van der Waals surface area contributed by atoms with Crippen molar-refractivity contribution >= 4 is 34.8 Å². The Morgan fingerprint density at radius 1 is 1.11 bits per heavy atom. The molecule has 0 aromatic heterocycles. The molecular weight excluding hydrogens is 362 g/mol. The Labute approximate surface area is 165 Å². The number of hydrogen-bond donors (Lipinski definition) is 3. The number of hydrogen-bond acceptors (Lipinski definition) is 3. The highest BCUT2D eigenvalue weighted by atomic mass is 35.5. The van der Waals surface area contributed by atoms with Crippen LogP contribution in [0.2, 0.25) is 5.02 Å². The third kappa shape index (κ3) is 3.93. The van der Waals surface area contributed by atoms with E-state index in [2.05, 4.69) is 16.0 Å². The third-order valence-corrected chi connectivity index (χ3v) is 6.80. The lowest BCUT2D eigenvalue weighted by Gasteiger charge is -2.57. The summed E-state index contributed by atoms with van der Waals surface area (Å²) in [5.74, 6) is 2.31. The number of benzene rings is 1. The summed E-state index contributed by atoms with van der Waals surface area (Å²) < 4.78 is 0. The summed E-state index contributed by atoms with van der Waals surface area (Å²) in [5.41, 5.74) is 1.36. The normalized spacial score (nSPS) is 32.0. The molecule has 0 aliphatic heterocycles. The van der Waals surface area contributed by atoms with Gasteiger partial charge in [0.25, 0.3) is 0 Å². The first-order valence-corrected chi connectivity index (χ1v) is 10.4. The van der Waals surface area contributed by atoms with E-state index < -0.39 is 0 Å². The highest BCUT2D eigenvalue weighted by Gasteiger charge is 2.51. The van der Waals surface area contributed by atoms with Gasteiger partial charge in [-0.25, -0.2) is 0 Å². The van der Waals surface area contributed by atoms with E-state index >= 15 is 0 Å². The number of nitrogens with one attached hydrogen (secondary N) is 3. The minimum Gasteiger partial charge on any atom is -0.374 e. The second kappa shape index (κ2) is 7.01. The largest absolute Gasteiger partial charge is 0.374 e. The molecule has 0 saturated heterocycles. The van der Waals surface area contributed by atoms with Crippen LogP contribution in [-0.4, -0.2) is 23.4 Å². The number of rotatable bonds is 5. The fourth-order valence-corrected chi connectivity index (χ4v) is 6.07. The zero-order chi connectivity index (χ0) is 19.2.